The number of hydrogen-bond acceptors (Lipinski definition) is 3. The third kappa shape index (κ3) is 1.72. The summed E-state index contributed by atoms with van der Waals surface area (Å²) in [5.74, 6) is 0.767. The summed E-state index contributed by atoms with van der Waals surface area (Å²) < 4.78 is 0. The van der Waals surface area contributed by atoms with E-state index < -0.39 is 0 Å². The lowest BCUT2D eigenvalue weighted by Crippen LogP contribution is -2.31. The molecule has 2 aromatic rings. The van der Waals surface area contributed by atoms with Gasteiger partial charge in [0, 0.05) is 11.8 Å². The lowest BCUT2D eigenvalue weighted by Gasteiger charge is -2.17. The fraction of sp³-hybridized carbons (Fsp3) is 0.286. The molecule has 0 amide bonds. The van der Waals surface area contributed by atoms with Crippen LogP contribution in [0.5, 0.6) is 0 Å². The topological polar surface area (TPSA) is 51.8 Å². The number of benzene rings is 1. The first-order valence-electron chi connectivity index (χ1n) is 5.87. The third-order valence-corrected chi connectivity index (χ3v) is 3.35. The molecule has 0 spiro atoms. The number of fused-ring (bicyclic) bond motifs is 1. The van der Waals surface area contributed by atoms with Gasteiger partial charge >= 0.3 is 0 Å². The molecule has 1 aliphatic rings. The standard InChI is InChI=1S/C14H15N3/c1-14(15)8-7-11-9-16-13(17-12(11)14)10-5-3-2-4-6-10/h2-6,9H,7-8,15H2,1H3. The van der Waals surface area contributed by atoms with Crippen molar-refractivity contribution in [3.63, 3.8) is 0 Å². The van der Waals surface area contributed by atoms with Gasteiger partial charge in [-0.1, -0.05) is 30.3 Å². The van der Waals surface area contributed by atoms with Crippen molar-refractivity contribution in [2.75, 3.05) is 0 Å². The van der Waals surface area contributed by atoms with E-state index in [2.05, 4.69) is 9.97 Å². The SMILES string of the molecule is CC1(N)CCc2cnc(-c3ccccc3)nc21. The van der Waals surface area contributed by atoms with Crippen LogP contribution in [0.2, 0.25) is 0 Å². The van der Waals surface area contributed by atoms with Crippen molar-refractivity contribution in [3.8, 4) is 11.4 Å². The van der Waals surface area contributed by atoms with Gasteiger partial charge in [0.05, 0.1) is 11.2 Å². The van der Waals surface area contributed by atoms with E-state index in [1.165, 1.54) is 5.56 Å². The molecule has 0 radical (unpaired) electrons. The summed E-state index contributed by atoms with van der Waals surface area (Å²) in [4.78, 5) is 9.06. The Labute approximate surface area is 101 Å². The Hall–Kier alpha value is -1.74. The zero-order chi connectivity index (χ0) is 11.9. The molecule has 17 heavy (non-hydrogen) atoms. The fourth-order valence-electron chi connectivity index (χ4n) is 2.32. The highest BCUT2D eigenvalue weighted by Gasteiger charge is 2.32. The van der Waals surface area contributed by atoms with E-state index in [1.807, 2.05) is 43.5 Å². The lowest BCUT2D eigenvalue weighted by molar-refractivity contribution is 0.480. The summed E-state index contributed by atoms with van der Waals surface area (Å²) in [5, 5.41) is 0. The Morgan fingerprint density at radius 2 is 2.00 bits per heavy atom. The summed E-state index contributed by atoms with van der Waals surface area (Å²) >= 11 is 0. The van der Waals surface area contributed by atoms with E-state index in [-0.39, 0.29) is 5.54 Å². The highest BCUT2D eigenvalue weighted by molar-refractivity contribution is 5.55. The van der Waals surface area contributed by atoms with Gasteiger partial charge in [0.25, 0.3) is 0 Å². The molecule has 0 bridgehead atoms. The van der Waals surface area contributed by atoms with Gasteiger partial charge in [0.15, 0.2) is 5.82 Å². The van der Waals surface area contributed by atoms with Crippen LogP contribution in [0.4, 0.5) is 0 Å². The molecule has 1 aromatic carbocycles. The second kappa shape index (κ2) is 3.64. The predicted molar refractivity (Wildman–Crippen MR) is 67.3 cm³/mol. The Balaban J connectivity index is 2.11. The second-order valence-electron chi connectivity index (χ2n) is 4.85. The van der Waals surface area contributed by atoms with Crippen LogP contribution in [0.15, 0.2) is 36.5 Å². The lowest BCUT2D eigenvalue weighted by atomic mass is 10.0. The highest BCUT2D eigenvalue weighted by Crippen LogP contribution is 2.33. The second-order valence-corrected chi connectivity index (χ2v) is 4.85. The van der Waals surface area contributed by atoms with E-state index in [9.17, 15) is 0 Å². The maximum absolute atomic E-state index is 6.25. The van der Waals surface area contributed by atoms with Crippen LogP contribution >= 0.6 is 0 Å². The zero-order valence-corrected chi connectivity index (χ0v) is 9.85. The number of nitrogens with zero attached hydrogens (tertiary/aromatic N) is 2. The molecular formula is C14H15N3. The number of hydrogen-bond donors (Lipinski definition) is 1. The van der Waals surface area contributed by atoms with E-state index in [0.717, 1.165) is 29.9 Å². The van der Waals surface area contributed by atoms with Crippen molar-refractivity contribution >= 4 is 0 Å². The van der Waals surface area contributed by atoms with Crippen molar-refractivity contribution < 1.29 is 0 Å². The van der Waals surface area contributed by atoms with Crippen molar-refractivity contribution in [3.05, 3.63) is 47.8 Å². The molecule has 2 N–H and O–H groups in total. The molecule has 1 atom stereocenters. The summed E-state index contributed by atoms with van der Waals surface area (Å²) in [5.41, 5.74) is 9.18. The first-order valence-corrected chi connectivity index (χ1v) is 5.87. The van der Waals surface area contributed by atoms with Crippen LogP contribution < -0.4 is 5.73 Å². The summed E-state index contributed by atoms with van der Waals surface area (Å²) in [6.45, 7) is 2.04. The van der Waals surface area contributed by atoms with Gasteiger partial charge < -0.3 is 5.73 Å². The van der Waals surface area contributed by atoms with Gasteiger partial charge in [-0.05, 0) is 25.3 Å². The van der Waals surface area contributed by atoms with Crippen molar-refractivity contribution in [1.82, 2.24) is 9.97 Å². The maximum Gasteiger partial charge on any atom is 0.159 e. The monoisotopic (exact) mass is 225 g/mol. The van der Waals surface area contributed by atoms with Gasteiger partial charge in [-0.3, -0.25) is 0 Å². The Morgan fingerprint density at radius 3 is 2.76 bits per heavy atom. The maximum atomic E-state index is 6.25. The highest BCUT2D eigenvalue weighted by atomic mass is 14.9. The van der Waals surface area contributed by atoms with Gasteiger partial charge in [0.2, 0.25) is 0 Å². The van der Waals surface area contributed by atoms with Crippen molar-refractivity contribution in [1.29, 1.82) is 0 Å². The summed E-state index contributed by atoms with van der Waals surface area (Å²) in [7, 11) is 0. The Bertz CT molecular complexity index is 547. The molecule has 3 heteroatoms. The molecule has 3 rings (SSSR count). The average Bonchev–Trinajstić information content (AvgIpc) is 2.66. The smallest absolute Gasteiger partial charge is 0.159 e. The van der Waals surface area contributed by atoms with Gasteiger partial charge in [-0.2, -0.15) is 0 Å². The number of aryl methyl sites for hydroxylation is 1. The van der Waals surface area contributed by atoms with Gasteiger partial charge in [-0.25, -0.2) is 9.97 Å². The molecule has 86 valence electrons. The van der Waals surface area contributed by atoms with Crippen molar-refractivity contribution in [2.45, 2.75) is 25.3 Å². The van der Waals surface area contributed by atoms with Crippen LogP contribution in [0, 0.1) is 0 Å². The van der Waals surface area contributed by atoms with Crippen LogP contribution in [0.1, 0.15) is 24.6 Å². The average molecular weight is 225 g/mol. The number of rotatable bonds is 1. The minimum absolute atomic E-state index is 0.304. The summed E-state index contributed by atoms with van der Waals surface area (Å²) in [6.07, 6.45) is 3.86. The van der Waals surface area contributed by atoms with E-state index in [1.54, 1.807) is 0 Å². The molecule has 0 saturated carbocycles. The van der Waals surface area contributed by atoms with Crippen LogP contribution in [-0.4, -0.2) is 9.97 Å². The molecule has 0 saturated heterocycles. The quantitative estimate of drug-likeness (QED) is 0.810. The van der Waals surface area contributed by atoms with Gasteiger partial charge in [0.1, 0.15) is 0 Å². The molecular weight excluding hydrogens is 210 g/mol. The molecule has 0 fully saturated rings. The molecule has 1 unspecified atom stereocenters. The first kappa shape index (κ1) is 10.4. The largest absolute Gasteiger partial charge is 0.320 e. The molecule has 3 nitrogen and oxygen atoms in total. The van der Waals surface area contributed by atoms with Crippen LogP contribution in [0.25, 0.3) is 11.4 Å². The Morgan fingerprint density at radius 1 is 1.24 bits per heavy atom. The molecule has 1 aromatic heterocycles. The third-order valence-electron chi connectivity index (χ3n) is 3.35. The summed E-state index contributed by atoms with van der Waals surface area (Å²) in [6, 6.07) is 10.0. The normalized spacial score (nSPS) is 22.5. The Kier molecular flexibility index (Phi) is 2.23. The van der Waals surface area contributed by atoms with Crippen LogP contribution in [-0.2, 0) is 12.0 Å². The van der Waals surface area contributed by atoms with E-state index in [0.29, 0.717) is 0 Å². The first-order chi connectivity index (χ1) is 8.17. The zero-order valence-electron chi connectivity index (χ0n) is 9.85. The molecule has 0 aliphatic heterocycles. The van der Waals surface area contributed by atoms with Gasteiger partial charge in [-0.15, -0.1) is 0 Å². The fourth-order valence-corrected chi connectivity index (χ4v) is 2.32. The van der Waals surface area contributed by atoms with Crippen LogP contribution in [0.3, 0.4) is 0 Å². The number of nitrogens with two attached hydrogens (primary N) is 1. The predicted octanol–water partition coefficient (Wildman–Crippen LogP) is 2.26. The minimum Gasteiger partial charge on any atom is -0.320 e. The van der Waals surface area contributed by atoms with E-state index >= 15 is 0 Å². The van der Waals surface area contributed by atoms with E-state index in [4.69, 9.17) is 5.73 Å². The molecule has 1 aliphatic carbocycles. The van der Waals surface area contributed by atoms with Crippen molar-refractivity contribution in [2.24, 2.45) is 5.73 Å². The minimum atomic E-state index is -0.304. The molecule has 1 heterocycles. The number of aromatic nitrogens is 2.